The molecular formula is C7H4ClF3N2O. The van der Waals surface area contributed by atoms with Crippen LogP contribution in [-0.4, -0.2) is 10.9 Å². The Labute approximate surface area is 81.7 Å². The number of carbonyl (C=O) groups excluding carboxylic acids is 1. The zero-order valence-corrected chi connectivity index (χ0v) is 7.36. The van der Waals surface area contributed by atoms with E-state index in [1.807, 2.05) is 0 Å². The van der Waals surface area contributed by atoms with Crippen molar-refractivity contribution in [1.82, 2.24) is 4.98 Å². The topological polar surface area (TPSA) is 56.0 Å². The molecule has 1 heterocycles. The van der Waals surface area contributed by atoms with Crippen molar-refractivity contribution in [2.45, 2.75) is 6.18 Å². The summed E-state index contributed by atoms with van der Waals surface area (Å²) in [5, 5.41) is -0.567. The van der Waals surface area contributed by atoms with Gasteiger partial charge in [0.2, 0.25) is 0 Å². The van der Waals surface area contributed by atoms with Crippen LogP contribution in [0.25, 0.3) is 0 Å². The summed E-state index contributed by atoms with van der Waals surface area (Å²) in [6.07, 6.45) is -4.69. The van der Waals surface area contributed by atoms with Crippen molar-refractivity contribution in [3.05, 3.63) is 28.5 Å². The first-order valence-corrected chi connectivity index (χ1v) is 3.73. The zero-order chi connectivity index (χ0) is 10.9. The van der Waals surface area contributed by atoms with Gasteiger partial charge in [-0.2, -0.15) is 13.2 Å². The zero-order valence-electron chi connectivity index (χ0n) is 6.60. The lowest BCUT2D eigenvalue weighted by Crippen LogP contribution is -2.17. The average molecular weight is 225 g/mol. The molecule has 0 atom stereocenters. The third-order valence-electron chi connectivity index (χ3n) is 1.37. The van der Waals surface area contributed by atoms with E-state index in [4.69, 9.17) is 17.3 Å². The Morgan fingerprint density at radius 1 is 1.43 bits per heavy atom. The molecule has 3 nitrogen and oxygen atoms in total. The molecule has 0 saturated carbocycles. The fourth-order valence-corrected chi connectivity index (χ4v) is 0.991. The van der Waals surface area contributed by atoms with Gasteiger partial charge in [-0.15, -0.1) is 0 Å². The number of primary amides is 1. The van der Waals surface area contributed by atoms with Gasteiger partial charge in [-0.05, 0) is 12.1 Å². The summed E-state index contributed by atoms with van der Waals surface area (Å²) >= 11 is 5.25. The lowest BCUT2D eigenvalue weighted by atomic mass is 10.3. The van der Waals surface area contributed by atoms with Gasteiger partial charge in [0.15, 0.2) is 5.69 Å². The first-order valence-electron chi connectivity index (χ1n) is 3.36. The number of hydrogen-bond acceptors (Lipinski definition) is 2. The molecule has 76 valence electrons. The van der Waals surface area contributed by atoms with Gasteiger partial charge in [-0.1, -0.05) is 11.6 Å². The number of aromatic nitrogens is 1. The second-order valence-corrected chi connectivity index (χ2v) is 2.80. The van der Waals surface area contributed by atoms with E-state index in [2.05, 4.69) is 4.98 Å². The molecule has 0 aromatic carbocycles. The summed E-state index contributed by atoms with van der Waals surface area (Å²) in [6.45, 7) is 0. The number of alkyl halides is 3. The van der Waals surface area contributed by atoms with Gasteiger partial charge < -0.3 is 5.73 Å². The van der Waals surface area contributed by atoms with Crippen molar-refractivity contribution in [3.8, 4) is 0 Å². The van der Waals surface area contributed by atoms with E-state index in [0.717, 1.165) is 12.1 Å². The first-order chi connectivity index (χ1) is 6.32. The van der Waals surface area contributed by atoms with E-state index in [1.54, 1.807) is 0 Å². The van der Waals surface area contributed by atoms with Crippen molar-refractivity contribution >= 4 is 17.5 Å². The average Bonchev–Trinajstić information content (AvgIpc) is 2.02. The van der Waals surface area contributed by atoms with Crippen LogP contribution in [0.4, 0.5) is 13.2 Å². The molecule has 0 aliphatic carbocycles. The minimum absolute atomic E-state index is 0.471. The standard InChI is InChI=1S/C7H4ClF3N2O/c8-3-1-2-4(6(12)14)13-5(3)7(9,10)11/h1-2H,(H2,12,14). The third kappa shape index (κ3) is 2.14. The molecule has 7 heteroatoms. The van der Waals surface area contributed by atoms with E-state index in [9.17, 15) is 18.0 Å². The van der Waals surface area contributed by atoms with Gasteiger partial charge in [0.25, 0.3) is 5.91 Å². The van der Waals surface area contributed by atoms with Crippen molar-refractivity contribution in [3.63, 3.8) is 0 Å². The number of nitrogens with zero attached hydrogens (tertiary/aromatic N) is 1. The Balaban J connectivity index is 3.29. The third-order valence-corrected chi connectivity index (χ3v) is 1.67. The highest BCUT2D eigenvalue weighted by Gasteiger charge is 2.35. The predicted octanol–water partition coefficient (Wildman–Crippen LogP) is 1.85. The van der Waals surface area contributed by atoms with Gasteiger partial charge in [0, 0.05) is 0 Å². The number of hydrogen-bond donors (Lipinski definition) is 1. The lowest BCUT2D eigenvalue weighted by molar-refractivity contribution is -0.141. The Morgan fingerprint density at radius 3 is 2.43 bits per heavy atom. The Hall–Kier alpha value is -1.30. The summed E-state index contributed by atoms with van der Waals surface area (Å²) in [6, 6.07) is 1.96. The SMILES string of the molecule is NC(=O)c1ccc(Cl)c(C(F)(F)F)n1. The highest BCUT2D eigenvalue weighted by Crippen LogP contribution is 2.32. The van der Waals surface area contributed by atoms with E-state index < -0.39 is 28.5 Å². The summed E-state index contributed by atoms with van der Waals surface area (Å²) in [4.78, 5) is 13.6. The molecule has 0 spiro atoms. The molecule has 1 aromatic heterocycles. The van der Waals surface area contributed by atoms with Gasteiger partial charge >= 0.3 is 6.18 Å². The Morgan fingerprint density at radius 2 is 2.00 bits per heavy atom. The number of amides is 1. The smallest absolute Gasteiger partial charge is 0.364 e. The highest BCUT2D eigenvalue weighted by atomic mass is 35.5. The minimum atomic E-state index is -4.69. The van der Waals surface area contributed by atoms with Gasteiger partial charge in [-0.25, -0.2) is 4.98 Å². The summed E-state index contributed by atoms with van der Waals surface area (Å²) in [5.74, 6) is -1.04. The van der Waals surface area contributed by atoms with Crippen molar-refractivity contribution in [1.29, 1.82) is 0 Å². The lowest BCUT2D eigenvalue weighted by Gasteiger charge is -2.07. The van der Waals surface area contributed by atoms with E-state index >= 15 is 0 Å². The van der Waals surface area contributed by atoms with E-state index in [0.29, 0.717) is 0 Å². The molecular weight excluding hydrogens is 221 g/mol. The summed E-state index contributed by atoms with van der Waals surface area (Å²) in [5.41, 5.74) is 2.98. The van der Waals surface area contributed by atoms with Crippen LogP contribution in [0.2, 0.25) is 5.02 Å². The molecule has 0 aliphatic heterocycles. The molecule has 0 saturated heterocycles. The minimum Gasteiger partial charge on any atom is -0.364 e. The van der Waals surface area contributed by atoms with E-state index in [-0.39, 0.29) is 0 Å². The van der Waals surface area contributed by atoms with Crippen LogP contribution in [0.5, 0.6) is 0 Å². The first kappa shape index (κ1) is 10.8. The molecule has 1 amide bonds. The van der Waals surface area contributed by atoms with Crippen LogP contribution in [0.1, 0.15) is 16.2 Å². The number of pyridine rings is 1. The molecule has 0 radical (unpaired) electrons. The molecule has 1 aromatic rings. The van der Waals surface area contributed by atoms with Gasteiger partial charge in [-0.3, -0.25) is 4.79 Å². The molecule has 0 unspecified atom stereocenters. The fraction of sp³-hybridized carbons (Fsp3) is 0.143. The second kappa shape index (κ2) is 3.45. The largest absolute Gasteiger partial charge is 0.434 e. The highest BCUT2D eigenvalue weighted by molar-refractivity contribution is 6.31. The predicted molar refractivity (Wildman–Crippen MR) is 42.8 cm³/mol. The maximum atomic E-state index is 12.2. The quantitative estimate of drug-likeness (QED) is 0.792. The van der Waals surface area contributed by atoms with Crippen LogP contribution in [0.15, 0.2) is 12.1 Å². The molecule has 1 rings (SSSR count). The van der Waals surface area contributed by atoms with Crippen molar-refractivity contribution < 1.29 is 18.0 Å². The van der Waals surface area contributed by atoms with Gasteiger partial charge in [0.1, 0.15) is 5.69 Å². The van der Waals surface area contributed by atoms with Crippen LogP contribution < -0.4 is 5.73 Å². The van der Waals surface area contributed by atoms with Crippen LogP contribution in [0, 0.1) is 0 Å². The molecule has 0 fully saturated rings. The number of rotatable bonds is 1. The van der Waals surface area contributed by atoms with E-state index in [1.165, 1.54) is 0 Å². The van der Waals surface area contributed by atoms with Crippen LogP contribution in [0.3, 0.4) is 0 Å². The summed E-state index contributed by atoms with van der Waals surface area (Å²) in [7, 11) is 0. The van der Waals surface area contributed by atoms with Crippen LogP contribution >= 0.6 is 11.6 Å². The molecule has 0 aliphatic rings. The Kier molecular flexibility index (Phi) is 2.66. The summed E-state index contributed by atoms with van der Waals surface area (Å²) < 4.78 is 36.6. The number of carbonyl (C=O) groups is 1. The monoisotopic (exact) mass is 224 g/mol. The number of halogens is 4. The number of nitrogens with two attached hydrogens (primary N) is 1. The maximum Gasteiger partial charge on any atom is 0.434 e. The Bertz CT molecular complexity index is 378. The molecule has 0 bridgehead atoms. The fourth-order valence-electron chi connectivity index (χ4n) is 0.778. The normalized spacial score (nSPS) is 11.4. The van der Waals surface area contributed by atoms with Crippen molar-refractivity contribution in [2.75, 3.05) is 0 Å². The van der Waals surface area contributed by atoms with Gasteiger partial charge in [0.05, 0.1) is 5.02 Å². The second-order valence-electron chi connectivity index (χ2n) is 2.39. The van der Waals surface area contributed by atoms with Crippen LogP contribution in [-0.2, 0) is 6.18 Å². The van der Waals surface area contributed by atoms with Crippen molar-refractivity contribution in [2.24, 2.45) is 5.73 Å². The molecule has 2 N–H and O–H groups in total. The maximum absolute atomic E-state index is 12.2. The molecule has 14 heavy (non-hydrogen) atoms.